The van der Waals surface area contributed by atoms with E-state index in [1.165, 1.54) is 15.3 Å². The number of carbonyl (C=O) groups is 2. The number of halogens is 2. The number of ether oxygens (including phenoxy) is 1. The highest BCUT2D eigenvalue weighted by atomic mass is 79.9. The zero-order valence-electron chi connectivity index (χ0n) is 24.0. The highest BCUT2D eigenvalue weighted by Crippen LogP contribution is 2.39. The van der Waals surface area contributed by atoms with Gasteiger partial charge in [-0.2, -0.15) is 0 Å². The summed E-state index contributed by atoms with van der Waals surface area (Å²) in [4.78, 5) is 27.3. The van der Waals surface area contributed by atoms with Gasteiger partial charge in [-0.05, 0) is 71.6 Å². The number of rotatable bonds is 10. The second kappa shape index (κ2) is 13.3. The number of hydrogen-bond acceptors (Lipinski definition) is 4. The summed E-state index contributed by atoms with van der Waals surface area (Å²) < 4.78 is 13.5. The zero-order valence-corrected chi connectivity index (χ0v) is 28.2. The summed E-state index contributed by atoms with van der Waals surface area (Å²) in [5.74, 6) is -0.454. The Balaban J connectivity index is 2.00. The van der Waals surface area contributed by atoms with Crippen molar-refractivity contribution in [3.8, 4) is 0 Å². The molecule has 1 unspecified atom stereocenters. The standard InChI is InChI=1S/C31H41Br2NO4Si/c1-21(2)26-20-37-30(36)34(26)29(35)23(4)18-22(3)27(19-28(32)33)38-39(31(5,6)7,24-14-10-8-11-15-24)25-16-12-9-13-17-25/h8-17,19,21-23,26-27H,18,20H2,1-7H3/t22?,23-,26+,27+/m0/s1. The fraction of sp³-hybridized carbons (Fsp3) is 0.484. The molecule has 1 aliphatic heterocycles. The first-order valence-electron chi connectivity index (χ1n) is 13.6. The van der Waals surface area contributed by atoms with Crippen molar-refractivity contribution in [2.45, 2.75) is 72.1 Å². The highest BCUT2D eigenvalue weighted by molar-refractivity contribution is 9.28. The Hall–Kier alpha value is -1.74. The summed E-state index contributed by atoms with van der Waals surface area (Å²) in [6.45, 7) is 15.0. The molecule has 0 bridgehead atoms. The van der Waals surface area contributed by atoms with Crippen molar-refractivity contribution in [3.05, 3.63) is 70.1 Å². The molecule has 0 saturated carbocycles. The second-order valence-electron chi connectivity index (χ2n) is 11.9. The third-order valence-corrected chi connectivity index (χ3v) is 13.2. The van der Waals surface area contributed by atoms with Crippen molar-refractivity contribution in [2.24, 2.45) is 17.8 Å². The molecule has 0 aliphatic carbocycles. The number of amides is 2. The third-order valence-electron chi connectivity index (χ3n) is 7.64. The van der Waals surface area contributed by atoms with E-state index in [0.29, 0.717) is 6.42 Å². The normalized spacial score (nSPS) is 18.5. The molecule has 1 heterocycles. The van der Waals surface area contributed by atoms with Gasteiger partial charge < -0.3 is 9.16 Å². The minimum absolute atomic E-state index is 0.0215. The maximum absolute atomic E-state index is 13.5. The first-order chi connectivity index (χ1) is 18.3. The summed E-state index contributed by atoms with van der Waals surface area (Å²) >= 11 is 7.14. The summed E-state index contributed by atoms with van der Waals surface area (Å²) in [6.07, 6.45) is 1.76. The van der Waals surface area contributed by atoms with Crippen LogP contribution in [0, 0.1) is 17.8 Å². The van der Waals surface area contributed by atoms with Crippen LogP contribution in [0.3, 0.4) is 0 Å². The second-order valence-corrected chi connectivity index (χ2v) is 18.9. The fourth-order valence-electron chi connectivity index (χ4n) is 5.54. The zero-order chi connectivity index (χ0) is 29.0. The predicted molar refractivity (Wildman–Crippen MR) is 168 cm³/mol. The molecule has 1 aliphatic rings. The average molecular weight is 680 g/mol. The number of carbonyl (C=O) groups excluding carboxylic acids is 2. The van der Waals surface area contributed by atoms with Crippen LogP contribution in [0.2, 0.25) is 5.04 Å². The molecule has 5 nitrogen and oxygen atoms in total. The molecule has 2 aromatic rings. The smallest absolute Gasteiger partial charge is 0.416 e. The number of imide groups is 1. The lowest BCUT2D eigenvalue weighted by molar-refractivity contribution is -0.134. The monoisotopic (exact) mass is 677 g/mol. The first kappa shape index (κ1) is 31.8. The molecule has 39 heavy (non-hydrogen) atoms. The summed E-state index contributed by atoms with van der Waals surface area (Å²) in [5, 5.41) is 2.21. The van der Waals surface area contributed by atoms with Gasteiger partial charge in [0.1, 0.15) is 6.61 Å². The largest absolute Gasteiger partial charge is 0.447 e. The Morgan fingerprint density at radius 1 is 1.03 bits per heavy atom. The molecule has 0 aromatic heterocycles. The lowest BCUT2D eigenvalue weighted by atomic mass is 9.91. The number of benzene rings is 2. The molecule has 0 spiro atoms. The maximum Gasteiger partial charge on any atom is 0.416 e. The number of nitrogens with zero attached hydrogens (tertiary/aromatic N) is 1. The fourth-order valence-corrected chi connectivity index (χ4v) is 10.8. The lowest BCUT2D eigenvalue weighted by Crippen LogP contribution is -2.68. The SMILES string of the molecule is CC(C)[C@H]1COC(=O)N1C(=O)[C@@H](C)CC(C)[C@@H](C=C(Br)Br)O[Si](c1ccccc1)(c1ccccc1)C(C)(C)C. The van der Waals surface area contributed by atoms with Crippen LogP contribution in [-0.4, -0.2) is 44.0 Å². The minimum atomic E-state index is -2.84. The molecule has 212 valence electrons. The van der Waals surface area contributed by atoms with Crippen LogP contribution in [0.15, 0.2) is 70.1 Å². The Kier molecular flexibility index (Phi) is 10.8. The molecule has 3 rings (SSSR count). The maximum atomic E-state index is 13.5. The van der Waals surface area contributed by atoms with E-state index >= 15 is 0 Å². The van der Waals surface area contributed by atoms with Crippen LogP contribution in [0.5, 0.6) is 0 Å². The molecule has 1 fully saturated rings. The summed E-state index contributed by atoms with van der Waals surface area (Å²) in [6, 6.07) is 20.8. The molecule has 2 aromatic carbocycles. The van der Waals surface area contributed by atoms with Crippen LogP contribution in [0.25, 0.3) is 0 Å². The van der Waals surface area contributed by atoms with E-state index in [1.807, 2.05) is 39.0 Å². The van der Waals surface area contributed by atoms with Gasteiger partial charge in [0.25, 0.3) is 8.32 Å². The predicted octanol–water partition coefficient (Wildman–Crippen LogP) is 7.23. The van der Waals surface area contributed by atoms with Gasteiger partial charge in [-0.25, -0.2) is 9.69 Å². The highest BCUT2D eigenvalue weighted by Gasteiger charge is 2.52. The molecule has 1 saturated heterocycles. The van der Waals surface area contributed by atoms with Gasteiger partial charge in [-0.1, -0.05) is 109 Å². The van der Waals surface area contributed by atoms with Gasteiger partial charge in [0.2, 0.25) is 5.91 Å². The molecule has 2 amide bonds. The van der Waals surface area contributed by atoms with E-state index in [4.69, 9.17) is 9.16 Å². The van der Waals surface area contributed by atoms with Gasteiger partial charge in [0.15, 0.2) is 0 Å². The minimum Gasteiger partial charge on any atom is -0.447 e. The third kappa shape index (κ3) is 7.13. The van der Waals surface area contributed by atoms with E-state index in [2.05, 4.69) is 108 Å². The molecule has 4 atom stereocenters. The first-order valence-corrected chi connectivity index (χ1v) is 17.1. The van der Waals surface area contributed by atoms with Crippen molar-refractivity contribution in [1.29, 1.82) is 0 Å². The number of cyclic esters (lactones) is 1. The Bertz CT molecular complexity index is 1110. The van der Waals surface area contributed by atoms with Gasteiger partial charge >= 0.3 is 6.09 Å². The molecular formula is C31H41Br2NO4Si. The van der Waals surface area contributed by atoms with Crippen LogP contribution in [0.1, 0.15) is 54.9 Å². The Morgan fingerprint density at radius 2 is 1.54 bits per heavy atom. The van der Waals surface area contributed by atoms with Crippen LogP contribution >= 0.6 is 31.9 Å². The molecular weight excluding hydrogens is 638 g/mol. The number of hydrogen-bond donors (Lipinski definition) is 0. The van der Waals surface area contributed by atoms with Crippen molar-refractivity contribution >= 4 is 62.6 Å². The van der Waals surface area contributed by atoms with Crippen LogP contribution in [-0.2, 0) is 14.0 Å². The van der Waals surface area contributed by atoms with Gasteiger partial charge in [0, 0.05) is 5.92 Å². The van der Waals surface area contributed by atoms with Crippen molar-refractivity contribution < 1.29 is 18.8 Å². The van der Waals surface area contributed by atoms with Crippen molar-refractivity contribution in [3.63, 3.8) is 0 Å². The molecule has 0 N–H and O–H groups in total. The van der Waals surface area contributed by atoms with Crippen LogP contribution in [0.4, 0.5) is 4.79 Å². The quantitative estimate of drug-likeness (QED) is 0.249. The van der Waals surface area contributed by atoms with Gasteiger partial charge in [0.05, 0.1) is 15.5 Å². The topological polar surface area (TPSA) is 55.8 Å². The van der Waals surface area contributed by atoms with E-state index in [9.17, 15) is 9.59 Å². The Labute approximate surface area is 251 Å². The van der Waals surface area contributed by atoms with E-state index in [-0.39, 0.29) is 47.5 Å². The summed E-state index contributed by atoms with van der Waals surface area (Å²) in [7, 11) is -2.84. The van der Waals surface area contributed by atoms with Crippen molar-refractivity contribution in [2.75, 3.05) is 6.61 Å². The molecule has 8 heteroatoms. The van der Waals surface area contributed by atoms with E-state index in [0.717, 1.165) is 3.39 Å². The van der Waals surface area contributed by atoms with Gasteiger partial charge in [-0.3, -0.25) is 4.79 Å². The van der Waals surface area contributed by atoms with Gasteiger partial charge in [-0.15, -0.1) is 0 Å². The lowest BCUT2D eigenvalue weighted by Gasteiger charge is -2.46. The van der Waals surface area contributed by atoms with E-state index < -0.39 is 14.4 Å². The average Bonchev–Trinajstić information content (AvgIpc) is 3.27. The van der Waals surface area contributed by atoms with Crippen molar-refractivity contribution in [1.82, 2.24) is 4.90 Å². The Morgan fingerprint density at radius 3 is 1.97 bits per heavy atom. The molecule has 0 radical (unpaired) electrons. The summed E-state index contributed by atoms with van der Waals surface area (Å²) in [5.41, 5.74) is 0. The van der Waals surface area contributed by atoms with Crippen LogP contribution < -0.4 is 10.4 Å². The van der Waals surface area contributed by atoms with E-state index in [1.54, 1.807) is 0 Å².